The third kappa shape index (κ3) is 1.08. The summed E-state index contributed by atoms with van der Waals surface area (Å²) in [6.07, 6.45) is 3.98. The molecular formula is C9H12N2O. The molecule has 1 amide bonds. The maximum Gasteiger partial charge on any atom is 0.224 e. The van der Waals surface area contributed by atoms with E-state index in [0.717, 1.165) is 12.8 Å². The van der Waals surface area contributed by atoms with Gasteiger partial charge in [0.05, 0.1) is 12.0 Å². The van der Waals surface area contributed by atoms with Crippen molar-refractivity contribution in [2.45, 2.75) is 31.7 Å². The van der Waals surface area contributed by atoms with Crippen molar-refractivity contribution in [1.29, 1.82) is 5.26 Å². The lowest BCUT2D eigenvalue weighted by Crippen LogP contribution is -2.40. The van der Waals surface area contributed by atoms with Crippen molar-refractivity contribution in [1.82, 2.24) is 4.90 Å². The first-order valence-corrected chi connectivity index (χ1v) is 4.50. The van der Waals surface area contributed by atoms with Crippen LogP contribution in [0.3, 0.4) is 0 Å². The molecule has 1 aliphatic heterocycles. The molecule has 0 unspecified atom stereocenters. The fraction of sp³-hybridized carbons (Fsp3) is 0.778. The fourth-order valence-corrected chi connectivity index (χ4v) is 1.87. The van der Waals surface area contributed by atoms with Crippen molar-refractivity contribution in [3.05, 3.63) is 0 Å². The minimum absolute atomic E-state index is 0.0434. The van der Waals surface area contributed by atoms with Crippen LogP contribution in [-0.4, -0.2) is 23.4 Å². The second kappa shape index (κ2) is 2.78. The van der Waals surface area contributed by atoms with Gasteiger partial charge in [-0.25, -0.2) is 0 Å². The number of likely N-dealkylation sites (tertiary alicyclic amines) is 1. The van der Waals surface area contributed by atoms with E-state index in [1.165, 1.54) is 6.42 Å². The molecule has 1 heterocycles. The molecule has 0 spiro atoms. The summed E-state index contributed by atoms with van der Waals surface area (Å²) < 4.78 is 0. The van der Waals surface area contributed by atoms with Crippen LogP contribution < -0.4 is 0 Å². The van der Waals surface area contributed by atoms with Crippen molar-refractivity contribution in [3.63, 3.8) is 0 Å². The van der Waals surface area contributed by atoms with E-state index in [4.69, 9.17) is 5.26 Å². The van der Waals surface area contributed by atoms with Gasteiger partial charge in [0, 0.05) is 19.0 Å². The largest absolute Gasteiger partial charge is 0.338 e. The van der Waals surface area contributed by atoms with Gasteiger partial charge < -0.3 is 4.90 Å². The molecule has 0 aromatic heterocycles. The molecule has 64 valence electrons. The summed E-state index contributed by atoms with van der Waals surface area (Å²) in [7, 11) is 0. The molecule has 3 heteroatoms. The first-order chi connectivity index (χ1) is 5.81. The molecule has 0 radical (unpaired) electrons. The standard InChI is InChI=1S/C9H12N2O/c10-5-7-4-9(12)11(6-7)8-2-1-3-8/h7-8H,1-4,6H2/t7-/m0/s1. The third-order valence-electron chi connectivity index (χ3n) is 2.86. The van der Waals surface area contributed by atoms with Crippen molar-refractivity contribution in [3.8, 4) is 6.07 Å². The van der Waals surface area contributed by atoms with Gasteiger partial charge in [-0.3, -0.25) is 4.79 Å². The van der Waals surface area contributed by atoms with E-state index in [0.29, 0.717) is 19.0 Å². The molecule has 1 aliphatic carbocycles. The van der Waals surface area contributed by atoms with Crippen LogP contribution >= 0.6 is 0 Å². The number of nitriles is 1. The topological polar surface area (TPSA) is 44.1 Å². The van der Waals surface area contributed by atoms with Gasteiger partial charge in [-0.15, -0.1) is 0 Å². The second-order valence-electron chi connectivity index (χ2n) is 3.66. The molecule has 2 rings (SSSR count). The lowest BCUT2D eigenvalue weighted by atomic mass is 9.92. The third-order valence-corrected chi connectivity index (χ3v) is 2.86. The lowest BCUT2D eigenvalue weighted by molar-refractivity contribution is -0.131. The van der Waals surface area contributed by atoms with Crippen LogP contribution in [0.25, 0.3) is 0 Å². The Hall–Kier alpha value is -1.04. The van der Waals surface area contributed by atoms with Crippen molar-refractivity contribution >= 4 is 5.91 Å². The Balaban J connectivity index is 1.99. The molecule has 3 nitrogen and oxygen atoms in total. The maximum atomic E-state index is 11.4. The van der Waals surface area contributed by atoms with E-state index in [2.05, 4.69) is 6.07 Å². The molecule has 0 bridgehead atoms. The number of hydrogen-bond acceptors (Lipinski definition) is 2. The Morgan fingerprint density at radius 2 is 2.25 bits per heavy atom. The van der Waals surface area contributed by atoms with Crippen LogP contribution in [0.1, 0.15) is 25.7 Å². The molecule has 0 aromatic carbocycles. The fourth-order valence-electron chi connectivity index (χ4n) is 1.87. The average molecular weight is 164 g/mol. The van der Waals surface area contributed by atoms with Crippen LogP contribution in [0.15, 0.2) is 0 Å². The normalized spacial score (nSPS) is 30.1. The summed E-state index contributed by atoms with van der Waals surface area (Å²) in [5, 5.41) is 8.65. The summed E-state index contributed by atoms with van der Waals surface area (Å²) in [6, 6.07) is 2.63. The van der Waals surface area contributed by atoms with Crippen LogP contribution in [0.4, 0.5) is 0 Å². The van der Waals surface area contributed by atoms with E-state index in [9.17, 15) is 4.79 Å². The molecule has 1 atom stereocenters. The van der Waals surface area contributed by atoms with Gasteiger partial charge in [0.1, 0.15) is 0 Å². The van der Waals surface area contributed by atoms with Gasteiger partial charge in [-0.1, -0.05) is 0 Å². The average Bonchev–Trinajstić information content (AvgIpc) is 2.29. The summed E-state index contributed by atoms with van der Waals surface area (Å²) in [5.41, 5.74) is 0. The summed E-state index contributed by atoms with van der Waals surface area (Å²) in [6.45, 7) is 0.681. The monoisotopic (exact) mass is 164 g/mol. The van der Waals surface area contributed by atoms with Crippen LogP contribution in [0.2, 0.25) is 0 Å². The van der Waals surface area contributed by atoms with Crippen LogP contribution in [-0.2, 0) is 4.79 Å². The highest BCUT2D eigenvalue weighted by atomic mass is 16.2. The molecule has 1 saturated carbocycles. The quantitative estimate of drug-likeness (QED) is 0.578. The second-order valence-corrected chi connectivity index (χ2v) is 3.66. The highest BCUT2D eigenvalue weighted by Crippen LogP contribution is 2.30. The lowest BCUT2D eigenvalue weighted by Gasteiger charge is -2.34. The van der Waals surface area contributed by atoms with Gasteiger partial charge in [0.2, 0.25) is 5.91 Å². The molecule has 2 fully saturated rings. The van der Waals surface area contributed by atoms with E-state index < -0.39 is 0 Å². The Bertz CT molecular complexity index is 239. The Morgan fingerprint density at radius 3 is 2.67 bits per heavy atom. The first-order valence-electron chi connectivity index (χ1n) is 4.50. The number of rotatable bonds is 1. The highest BCUT2D eigenvalue weighted by molar-refractivity contribution is 5.79. The summed E-state index contributed by atoms with van der Waals surface area (Å²) >= 11 is 0. The SMILES string of the molecule is N#C[C@@H]1CC(=O)N(C2CCC2)C1. The molecule has 12 heavy (non-hydrogen) atoms. The Labute approximate surface area is 72.0 Å². The zero-order chi connectivity index (χ0) is 8.55. The minimum atomic E-state index is -0.0434. The maximum absolute atomic E-state index is 11.4. The summed E-state index contributed by atoms with van der Waals surface area (Å²) in [4.78, 5) is 13.3. The number of hydrogen-bond donors (Lipinski definition) is 0. The van der Waals surface area contributed by atoms with E-state index in [1.807, 2.05) is 4.90 Å². The van der Waals surface area contributed by atoms with Gasteiger partial charge in [0.25, 0.3) is 0 Å². The van der Waals surface area contributed by atoms with Crippen molar-refractivity contribution in [2.24, 2.45) is 5.92 Å². The minimum Gasteiger partial charge on any atom is -0.338 e. The van der Waals surface area contributed by atoms with Gasteiger partial charge in [0.15, 0.2) is 0 Å². The molecule has 0 aromatic rings. The Kier molecular flexibility index (Phi) is 1.76. The van der Waals surface area contributed by atoms with Crippen molar-refractivity contribution in [2.75, 3.05) is 6.54 Å². The molecule has 2 aliphatic rings. The predicted molar refractivity (Wildman–Crippen MR) is 43.1 cm³/mol. The number of carbonyl (C=O) groups is 1. The zero-order valence-electron chi connectivity index (χ0n) is 6.99. The summed E-state index contributed by atoms with van der Waals surface area (Å²) in [5.74, 6) is 0.143. The predicted octanol–water partition coefficient (Wildman–Crippen LogP) is 0.911. The number of carbonyl (C=O) groups excluding carboxylic acids is 1. The smallest absolute Gasteiger partial charge is 0.224 e. The zero-order valence-corrected chi connectivity index (χ0v) is 6.99. The number of amides is 1. The molecule has 1 saturated heterocycles. The molecular weight excluding hydrogens is 152 g/mol. The van der Waals surface area contributed by atoms with Gasteiger partial charge in [-0.05, 0) is 19.3 Å². The van der Waals surface area contributed by atoms with Crippen LogP contribution in [0.5, 0.6) is 0 Å². The van der Waals surface area contributed by atoms with E-state index >= 15 is 0 Å². The number of nitrogens with zero attached hydrogens (tertiary/aromatic N) is 2. The highest BCUT2D eigenvalue weighted by Gasteiger charge is 2.36. The van der Waals surface area contributed by atoms with E-state index in [-0.39, 0.29) is 11.8 Å². The molecule has 0 N–H and O–H groups in total. The van der Waals surface area contributed by atoms with Crippen molar-refractivity contribution < 1.29 is 4.79 Å². The first kappa shape index (κ1) is 7.60. The van der Waals surface area contributed by atoms with E-state index in [1.54, 1.807) is 0 Å². The van der Waals surface area contributed by atoms with Crippen LogP contribution in [0, 0.1) is 17.2 Å². The van der Waals surface area contributed by atoms with Gasteiger partial charge >= 0.3 is 0 Å². The van der Waals surface area contributed by atoms with Gasteiger partial charge in [-0.2, -0.15) is 5.26 Å². The Morgan fingerprint density at radius 1 is 1.50 bits per heavy atom.